The van der Waals surface area contributed by atoms with E-state index in [0.29, 0.717) is 24.4 Å². The molecule has 0 bridgehead atoms. The molecule has 1 fully saturated rings. The highest BCUT2D eigenvalue weighted by Crippen LogP contribution is 2.36. The van der Waals surface area contributed by atoms with E-state index in [1.165, 1.54) is 7.11 Å². The SMILES string of the molecule is COc1cccc(CC2(C(=O)O)CCCCC2=O)n1. The van der Waals surface area contributed by atoms with Crippen molar-refractivity contribution in [3.8, 4) is 5.88 Å². The lowest BCUT2D eigenvalue weighted by Gasteiger charge is -2.31. The summed E-state index contributed by atoms with van der Waals surface area (Å²) in [4.78, 5) is 27.9. The monoisotopic (exact) mass is 263 g/mol. The molecule has 2 rings (SSSR count). The molecule has 0 saturated heterocycles. The van der Waals surface area contributed by atoms with Gasteiger partial charge in [0.05, 0.1) is 7.11 Å². The second kappa shape index (κ2) is 5.38. The maximum Gasteiger partial charge on any atom is 0.317 e. The molecular formula is C14H17NO4. The fourth-order valence-electron chi connectivity index (χ4n) is 2.56. The molecule has 0 radical (unpaired) electrons. The second-order valence-electron chi connectivity index (χ2n) is 4.87. The normalized spacial score (nSPS) is 23.1. The van der Waals surface area contributed by atoms with Crippen LogP contribution in [0, 0.1) is 5.41 Å². The summed E-state index contributed by atoms with van der Waals surface area (Å²) in [5.74, 6) is -0.793. The highest BCUT2D eigenvalue weighted by molar-refractivity contribution is 6.03. The first kappa shape index (κ1) is 13.5. The van der Waals surface area contributed by atoms with Crippen LogP contribution in [-0.2, 0) is 16.0 Å². The van der Waals surface area contributed by atoms with Crippen molar-refractivity contribution < 1.29 is 19.4 Å². The van der Waals surface area contributed by atoms with E-state index in [-0.39, 0.29) is 12.2 Å². The number of carboxylic acids is 1. The van der Waals surface area contributed by atoms with Crippen LogP contribution < -0.4 is 4.74 Å². The molecule has 1 heterocycles. The zero-order valence-electron chi connectivity index (χ0n) is 10.9. The molecule has 1 saturated carbocycles. The molecular weight excluding hydrogens is 246 g/mol. The molecule has 0 aromatic carbocycles. The van der Waals surface area contributed by atoms with Gasteiger partial charge in [0.2, 0.25) is 5.88 Å². The van der Waals surface area contributed by atoms with Gasteiger partial charge in [-0.3, -0.25) is 9.59 Å². The minimum atomic E-state index is -1.31. The third kappa shape index (κ3) is 2.59. The lowest BCUT2D eigenvalue weighted by atomic mass is 9.70. The summed E-state index contributed by atoms with van der Waals surface area (Å²) in [6, 6.07) is 5.18. The number of hydrogen-bond acceptors (Lipinski definition) is 4. The van der Waals surface area contributed by atoms with Crippen molar-refractivity contribution in [2.24, 2.45) is 5.41 Å². The number of aromatic nitrogens is 1. The van der Waals surface area contributed by atoms with Crippen LogP contribution in [0.5, 0.6) is 5.88 Å². The fourth-order valence-corrected chi connectivity index (χ4v) is 2.56. The van der Waals surface area contributed by atoms with Gasteiger partial charge >= 0.3 is 5.97 Å². The number of carbonyl (C=O) groups excluding carboxylic acids is 1. The Morgan fingerprint density at radius 1 is 1.47 bits per heavy atom. The number of rotatable bonds is 4. The molecule has 1 unspecified atom stereocenters. The molecule has 0 aliphatic heterocycles. The lowest BCUT2D eigenvalue weighted by Crippen LogP contribution is -2.43. The van der Waals surface area contributed by atoms with Gasteiger partial charge in [-0.15, -0.1) is 0 Å². The molecule has 5 nitrogen and oxygen atoms in total. The van der Waals surface area contributed by atoms with Gasteiger partial charge in [-0.1, -0.05) is 12.5 Å². The van der Waals surface area contributed by atoms with Gasteiger partial charge in [0, 0.05) is 24.6 Å². The van der Waals surface area contributed by atoms with E-state index in [1.54, 1.807) is 18.2 Å². The lowest BCUT2D eigenvalue weighted by molar-refractivity contribution is -0.157. The summed E-state index contributed by atoms with van der Waals surface area (Å²) >= 11 is 0. The number of ketones is 1. The van der Waals surface area contributed by atoms with Crippen LogP contribution in [0.15, 0.2) is 18.2 Å². The molecule has 19 heavy (non-hydrogen) atoms. The van der Waals surface area contributed by atoms with Crippen LogP contribution in [0.25, 0.3) is 0 Å². The Morgan fingerprint density at radius 3 is 2.89 bits per heavy atom. The van der Waals surface area contributed by atoms with E-state index in [2.05, 4.69) is 4.98 Å². The Labute approximate surface area is 111 Å². The predicted molar refractivity (Wildman–Crippen MR) is 68.0 cm³/mol. The molecule has 1 aromatic rings. The van der Waals surface area contributed by atoms with Gasteiger partial charge in [0.15, 0.2) is 5.78 Å². The Balaban J connectivity index is 2.30. The standard InChI is InChI=1S/C14H17NO4/c1-19-12-7-4-5-10(15-12)9-14(13(17)18)8-3-2-6-11(14)16/h4-5,7H,2-3,6,8-9H2,1H3,(H,17,18). The maximum absolute atomic E-state index is 12.1. The smallest absolute Gasteiger partial charge is 0.317 e. The molecule has 1 aliphatic rings. The number of carboxylic acid groups (broad SMARTS) is 1. The van der Waals surface area contributed by atoms with E-state index in [0.717, 1.165) is 12.8 Å². The number of aliphatic carboxylic acids is 1. The predicted octanol–water partition coefficient (Wildman–Crippen LogP) is 1.85. The summed E-state index contributed by atoms with van der Waals surface area (Å²) in [6.07, 6.45) is 2.41. The van der Waals surface area contributed by atoms with Gasteiger partial charge < -0.3 is 9.84 Å². The number of pyridine rings is 1. The van der Waals surface area contributed by atoms with E-state index in [4.69, 9.17) is 4.74 Å². The number of hydrogen-bond donors (Lipinski definition) is 1. The molecule has 1 aromatic heterocycles. The summed E-state index contributed by atoms with van der Waals surface area (Å²) in [5, 5.41) is 9.47. The van der Waals surface area contributed by atoms with Crippen molar-refractivity contribution in [3.63, 3.8) is 0 Å². The molecule has 102 valence electrons. The summed E-state index contributed by atoms with van der Waals surface area (Å²) in [7, 11) is 1.50. The van der Waals surface area contributed by atoms with Crippen LogP contribution in [0.4, 0.5) is 0 Å². The number of nitrogens with zero attached hydrogens (tertiary/aromatic N) is 1. The third-order valence-corrected chi connectivity index (χ3v) is 3.67. The highest BCUT2D eigenvalue weighted by atomic mass is 16.5. The van der Waals surface area contributed by atoms with Crippen molar-refractivity contribution in [1.82, 2.24) is 4.98 Å². The highest BCUT2D eigenvalue weighted by Gasteiger charge is 2.47. The zero-order chi connectivity index (χ0) is 13.9. The van der Waals surface area contributed by atoms with Crippen molar-refractivity contribution in [2.75, 3.05) is 7.11 Å². The van der Waals surface area contributed by atoms with E-state index >= 15 is 0 Å². The van der Waals surface area contributed by atoms with Crippen molar-refractivity contribution >= 4 is 11.8 Å². The minimum absolute atomic E-state index is 0.137. The summed E-state index contributed by atoms with van der Waals surface area (Å²) in [6.45, 7) is 0. The second-order valence-corrected chi connectivity index (χ2v) is 4.87. The van der Waals surface area contributed by atoms with E-state index < -0.39 is 11.4 Å². The van der Waals surface area contributed by atoms with Gasteiger partial charge in [0.1, 0.15) is 5.41 Å². The van der Waals surface area contributed by atoms with E-state index in [9.17, 15) is 14.7 Å². The largest absolute Gasteiger partial charge is 0.481 e. The van der Waals surface area contributed by atoms with E-state index in [1.807, 2.05) is 0 Å². The van der Waals surface area contributed by atoms with Gasteiger partial charge in [-0.25, -0.2) is 4.98 Å². The van der Waals surface area contributed by atoms with Crippen molar-refractivity contribution in [1.29, 1.82) is 0 Å². The Kier molecular flexibility index (Phi) is 3.83. The molecule has 1 atom stereocenters. The third-order valence-electron chi connectivity index (χ3n) is 3.67. The number of Topliss-reactive ketones (excluding diaryl/α,β-unsaturated/α-hetero) is 1. The van der Waals surface area contributed by atoms with Crippen LogP contribution >= 0.6 is 0 Å². The molecule has 0 spiro atoms. The van der Waals surface area contributed by atoms with Crippen LogP contribution in [0.1, 0.15) is 31.4 Å². The first-order chi connectivity index (χ1) is 9.08. The fraction of sp³-hybridized carbons (Fsp3) is 0.500. The van der Waals surface area contributed by atoms with Gasteiger partial charge in [-0.05, 0) is 18.9 Å². The topological polar surface area (TPSA) is 76.5 Å². The van der Waals surface area contributed by atoms with Crippen LogP contribution in [-0.4, -0.2) is 29.0 Å². The van der Waals surface area contributed by atoms with Crippen molar-refractivity contribution in [3.05, 3.63) is 23.9 Å². The summed E-state index contributed by atoms with van der Waals surface area (Å²) < 4.78 is 5.02. The van der Waals surface area contributed by atoms with Crippen LogP contribution in [0.2, 0.25) is 0 Å². The number of carbonyl (C=O) groups is 2. The Bertz CT molecular complexity index is 500. The first-order valence-corrected chi connectivity index (χ1v) is 6.35. The number of ether oxygens (including phenoxy) is 1. The molecule has 0 amide bonds. The summed E-state index contributed by atoms with van der Waals surface area (Å²) in [5.41, 5.74) is -0.727. The molecule has 5 heteroatoms. The number of methoxy groups -OCH3 is 1. The van der Waals surface area contributed by atoms with Crippen molar-refractivity contribution in [2.45, 2.75) is 32.1 Å². The van der Waals surface area contributed by atoms with Gasteiger partial charge in [-0.2, -0.15) is 0 Å². The van der Waals surface area contributed by atoms with Crippen LogP contribution in [0.3, 0.4) is 0 Å². The minimum Gasteiger partial charge on any atom is -0.481 e. The average molecular weight is 263 g/mol. The maximum atomic E-state index is 12.1. The Morgan fingerprint density at radius 2 is 2.26 bits per heavy atom. The first-order valence-electron chi connectivity index (χ1n) is 6.35. The quantitative estimate of drug-likeness (QED) is 0.839. The Hall–Kier alpha value is -1.91. The zero-order valence-corrected chi connectivity index (χ0v) is 10.9. The average Bonchev–Trinajstić information content (AvgIpc) is 2.41. The molecule has 1 aliphatic carbocycles. The van der Waals surface area contributed by atoms with Gasteiger partial charge in [0.25, 0.3) is 0 Å². The molecule has 1 N–H and O–H groups in total.